The Morgan fingerprint density at radius 2 is 2.30 bits per heavy atom. The maximum atomic E-state index is 10.3. The van der Waals surface area contributed by atoms with Crippen molar-refractivity contribution in [1.29, 1.82) is 0 Å². The molecule has 0 amide bonds. The molecule has 1 unspecified atom stereocenters. The lowest BCUT2D eigenvalue weighted by Gasteiger charge is -1.97. The Morgan fingerprint density at radius 3 is 2.70 bits per heavy atom. The molecule has 0 spiro atoms. The third-order valence-electron chi connectivity index (χ3n) is 0.573. The molecule has 0 N–H and O–H groups in total. The molecule has 0 saturated carbocycles. The van der Waals surface area contributed by atoms with Crippen molar-refractivity contribution in [3.63, 3.8) is 0 Å². The molecule has 0 aliphatic carbocycles. The topological polar surface area (TPSA) is 78.7 Å². The van der Waals surface area contributed by atoms with Crippen molar-refractivity contribution in [3.8, 4) is 0 Å². The Hall–Kier alpha value is -0.610. The minimum Gasteiger partial charge on any atom is -0.312 e. The molecule has 60 valence electrons. The number of rotatable bonds is 5. The van der Waals surface area contributed by atoms with Gasteiger partial charge in [-0.05, 0) is 6.42 Å². The highest BCUT2D eigenvalue weighted by molar-refractivity contribution is 7.33. The van der Waals surface area contributed by atoms with Crippen LogP contribution in [0.4, 0.5) is 0 Å². The summed E-state index contributed by atoms with van der Waals surface area (Å²) in [5.41, 5.74) is 0. The fourth-order valence-corrected chi connectivity index (χ4v) is 0.818. The highest BCUT2D eigenvalue weighted by Gasteiger charge is 2.02. The summed E-state index contributed by atoms with van der Waals surface area (Å²) in [6, 6.07) is 0. The molecule has 0 fully saturated rings. The van der Waals surface area contributed by atoms with Crippen molar-refractivity contribution < 1.29 is 18.8 Å². The Labute approximate surface area is 58.2 Å². The molecule has 7 heteroatoms. The lowest BCUT2D eigenvalue weighted by molar-refractivity contribution is -0.714. The highest BCUT2D eigenvalue weighted by Crippen LogP contribution is 2.22. The van der Waals surface area contributed by atoms with Crippen LogP contribution in [0.5, 0.6) is 0 Å². The minimum absolute atomic E-state index is 0.214. The predicted octanol–water partition coefficient (Wildman–Crippen LogP) is 1.01. The molecule has 0 aromatic heterocycles. The summed E-state index contributed by atoms with van der Waals surface area (Å²) in [4.78, 5) is 9.50. The van der Waals surface area contributed by atoms with E-state index >= 15 is 0 Å². The molecule has 10 heavy (non-hydrogen) atoms. The normalized spacial score (nSPS) is 12.5. The average Bonchev–Trinajstić information content (AvgIpc) is 1.82. The standard InChI is InChI=1S/C3H8NO5P/c1-2-3-8-10(7)9-4(5)6/h10H,2-3H2,1H3. The highest BCUT2D eigenvalue weighted by atomic mass is 31.1. The number of nitrogens with zero attached hydrogens (tertiary/aromatic N) is 1. The fraction of sp³-hybridized carbons (Fsp3) is 1.00. The van der Waals surface area contributed by atoms with Crippen LogP contribution in [0.2, 0.25) is 0 Å². The molecule has 6 nitrogen and oxygen atoms in total. The van der Waals surface area contributed by atoms with E-state index in [2.05, 4.69) is 9.15 Å². The van der Waals surface area contributed by atoms with Gasteiger partial charge in [0.15, 0.2) is 0 Å². The summed E-state index contributed by atoms with van der Waals surface area (Å²) in [6.07, 6.45) is 0.650. The first kappa shape index (κ1) is 9.39. The van der Waals surface area contributed by atoms with Gasteiger partial charge in [-0.1, -0.05) is 6.92 Å². The van der Waals surface area contributed by atoms with Crippen LogP contribution in [-0.4, -0.2) is 11.7 Å². The van der Waals surface area contributed by atoms with Gasteiger partial charge in [-0.3, -0.25) is 4.57 Å². The van der Waals surface area contributed by atoms with Crippen molar-refractivity contribution >= 4 is 8.25 Å². The monoisotopic (exact) mass is 169 g/mol. The third kappa shape index (κ3) is 5.53. The summed E-state index contributed by atoms with van der Waals surface area (Å²) >= 11 is 0. The first-order valence-electron chi connectivity index (χ1n) is 2.66. The average molecular weight is 169 g/mol. The molecule has 0 aliphatic rings. The largest absolute Gasteiger partial charge is 0.360 e. The van der Waals surface area contributed by atoms with Crippen LogP contribution in [0.3, 0.4) is 0 Å². The van der Waals surface area contributed by atoms with E-state index in [4.69, 9.17) is 0 Å². The molecule has 0 bridgehead atoms. The molecule has 0 aliphatic heterocycles. The Balaban J connectivity index is 3.35. The maximum absolute atomic E-state index is 10.3. The van der Waals surface area contributed by atoms with E-state index in [1.54, 1.807) is 6.92 Å². The third-order valence-corrected chi connectivity index (χ3v) is 1.31. The van der Waals surface area contributed by atoms with E-state index in [9.17, 15) is 14.7 Å². The molecule has 0 saturated heterocycles. The van der Waals surface area contributed by atoms with E-state index in [1.165, 1.54) is 0 Å². The minimum atomic E-state index is -2.90. The zero-order chi connectivity index (χ0) is 7.98. The molecule has 0 radical (unpaired) electrons. The van der Waals surface area contributed by atoms with E-state index in [-0.39, 0.29) is 6.61 Å². The molecule has 0 aromatic rings. The van der Waals surface area contributed by atoms with Crippen LogP contribution in [0.15, 0.2) is 0 Å². The van der Waals surface area contributed by atoms with Gasteiger partial charge in [0.05, 0.1) is 6.61 Å². The van der Waals surface area contributed by atoms with Crippen molar-refractivity contribution in [1.82, 2.24) is 0 Å². The Morgan fingerprint density at radius 1 is 1.70 bits per heavy atom. The van der Waals surface area contributed by atoms with Gasteiger partial charge < -0.3 is 4.52 Å². The zero-order valence-electron chi connectivity index (χ0n) is 5.40. The van der Waals surface area contributed by atoms with Gasteiger partial charge >= 0.3 is 13.3 Å². The molecule has 0 rings (SSSR count). The zero-order valence-corrected chi connectivity index (χ0v) is 6.40. The van der Waals surface area contributed by atoms with Crippen LogP contribution in [0.25, 0.3) is 0 Å². The molecular weight excluding hydrogens is 161 g/mol. The van der Waals surface area contributed by atoms with Crippen LogP contribution in [0.1, 0.15) is 13.3 Å². The second kappa shape index (κ2) is 5.20. The van der Waals surface area contributed by atoms with E-state index in [1.807, 2.05) is 0 Å². The molecular formula is C3H8NO5P. The van der Waals surface area contributed by atoms with Crippen LogP contribution in [0, 0.1) is 10.1 Å². The van der Waals surface area contributed by atoms with Crippen LogP contribution < -0.4 is 0 Å². The molecule has 0 heterocycles. The fourth-order valence-electron chi connectivity index (χ4n) is 0.273. The summed E-state index contributed by atoms with van der Waals surface area (Å²) in [5, 5.41) is 8.37. The lowest BCUT2D eigenvalue weighted by Crippen LogP contribution is -1.94. The predicted molar refractivity (Wildman–Crippen MR) is 33.3 cm³/mol. The quantitative estimate of drug-likeness (QED) is 0.348. The van der Waals surface area contributed by atoms with Crippen LogP contribution in [-0.2, 0) is 13.7 Å². The van der Waals surface area contributed by atoms with E-state index in [0.717, 1.165) is 0 Å². The van der Waals surface area contributed by atoms with Gasteiger partial charge in [-0.2, -0.15) is 0 Å². The van der Waals surface area contributed by atoms with Crippen molar-refractivity contribution in [2.24, 2.45) is 0 Å². The van der Waals surface area contributed by atoms with Crippen LogP contribution >= 0.6 is 8.25 Å². The summed E-state index contributed by atoms with van der Waals surface area (Å²) in [7, 11) is -2.90. The van der Waals surface area contributed by atoms with Gasteiger partial charge in [0, 0.05) is 0 Å². The Bertz CT molecular complexity index is 137. The smallest absolute Gasteiger partial charge is 0.312 e. The summed E-state index contributed by atoms with van der Waals surface area (Å²) in [6.45, 7) is 2.01. The summed E-state index contributed by atoms with van der Waals surface area (Å²) < 4.78 is 18.3. The van der Waals surface area contributed by atoms with Gasteiger partial charge in [-0.15, -0.1) is 10.1 Å². The number of hydrogen-bond donors (Lipinski definition) is 0. The van der Waals surface area contributed by atoms with Crippen molar-refractivity contribution in [3.05, 3.63) is 10.1 Å². The lowest BCUT2D eigenvalue weighted by atomic mass is 10.5. The first-order chi connectivity index (χ1) is 4.66. The second-order valence-corrected chi connectivity index (χ2v) is 2.38. The van der Waals surface area contributed by atoms with Gasteiger partial charge in [0.2, 0.25) is 0 Å². The maximum Gasteiger partial charge on any atom is 0.360 e. The van der Waals surface area contributed by atoms with E-state index in [0.29, 0.717) is 6.42 Å². The second-order valence-electron chi connectivity index (χ2n) is 1.41. The SMILES string of the molecule is CCCO[PH](=O)O[N+](=O)[O-]. The van der Waals surface area contributed by atoms with Crippen molar-refractivity contribution in [2.45, 2.75) is 13.3 Å². The van der Waals surface area contributed by atoms with Gasteiger partial charge in [0.25, 0.3) is 0 Å². The van der Waals surface area contributed by atoms with Gasteiger partial charge in [0.1, 0.15) is 0 Å². The first-order valence-corrected chi connectivity index (χ1v) is 3.88. The van der Waals surface area contributed by atoms with E-state index < -0.39 is 13.3 Å². The summed E-state index contributed by atoms with van der Waals surface area (Å²) in [5.74, 6) is 0. The van der Waals surface area contributed by atoms with Gasteiger partial charge in [-0.25, -0.2) is 4.62 Å². The number of hydrogen-bond acceptors (Lipinski definition) is 5. The molecule has 1 atom stereocenters. The Kier molecular flexibility index (Phi) is 4.88. The molecule has 0 aromatic carbocycles. The van der Waals surface area contributed by atoms with Crippen molar-refractivity contribution in [2.75, 3.05) is 6.61 Å².